The highest BCUT2D eigenvalue weighted by Crippen LogP contribution is 2.31. The van der Waals surface area contributed by atoms with Gasteiger partial charge in [-0.15, -0.1) is 0 Å². The van der Waals surface area contributed by atoms with Crippen LogP contribution in [0.4, 0.5) is 0 Å². The molecule has 0 radical (unpaired) electrons. The van der Waals surface area contributed by atoms with E-state index in [1.807, 2.05) is 19.1 Å². The third-order valence-electron chi connectivity index (χ3n) is 4.53. The molecule has 0 unspecified atom stereocenters. The van der Waals surface area contributed by atoms with Crippen LogP contribution in [0.5, 0.6) is 5.75 Å². The van der Waals surface area contributed by atoms with E-state index in [1.54, 1.807) is 20.1 Å². The second-order valence-corrected chi connectivity index (χ2v) is 6.50. The molecule has 0 heterocycles. The van der Waals surface area contributed by atoms with Crippen LogP contribution in [-0.4, -0.2) is 18.2 Å². The highest BCUT2D eigenvalue weighted by atomic mass is 16.5. The van der Waals surface area contributed by atoms with Crippen LogP contribution in [0.25, 0.3) is 6.08 Å². The van der Waals surface area contributed by atoms with Gasteiger partial charge >= 0.3 is 5.97 Å². The summed E-state index contributed by atoms with van der Waals surface area (Å²) in [5.41, 5.74) is 7.03. The van der Waals surface area contributed by atoms with E-state index in [0.717, 1.165) is 30.6 Å². The first-order valence-corrected chi connectivity index (χ1v) is 9.53. The predicted molar refractivity (Wildman–Crippen MR) is 114 cm³/mol. The Morgan fingerprint density at radius 3 is 2.22 bits per heavy atom. The SMILES string of the molecule is CCc1cc(OC)c(CC)c(CC)c1/C=C/C(C)=C/C=C/C(C)=C/C(=O)O. The Hall–Kier alpha value is -2.55. The highest BCUT2D eigenvalue weighted by Gasteiger charge is 2.14. The molecule has 1 aromatic rings. The molecule has 3 nitrogen and oxygen atoms in total. The van der Waals surface area contributed by atoms with E-state index in [0.29, 0.717) is 5.57 Å². The molecule has 0 saturated carbocycles. The van der Waals surface area contributed by atoms with Gasteiger partial charge < -0.3 is 9.84 Å². The van der Waals surface area contributed by atoms with Crippen molar-refractivity contribution in [3.05, 3.63) is 69.8 Å². The Balaban J connectivity index is 3.21. The Kier molecular flexibility index (Phi) is 9.35. The molecule has 3 heteroatoms. The number of rotatable bonds is 9. The average Bonchev–Trinajstić information content (AvgIpc) is 2.64. The number of ether oxygens (including phenoxy) is 1. The molecule has 0 bridgehead atoms. The van der Waals surface area contributed by atoms with Gasteiger partial charge in [0.15, 0.2) is 0 Å². The molecule has 0 aromatic heterocycles. The average molecular weight is 369 g/mol. The molecule has 0 fully saturated rings. The molecule has 0 saturated heterocycles. The van der Waals surface area contributed by atoms with E-state index in [4.69, 9.17) is 9.84 Å². The van der Waals surface area contributed by atoms with Crippen LogP contribution in [0.1, 0.15) is 56.9 Å². The van der Waals surface area contributed by atoms with Gasteiger partial charge in [-0.05, 0) is 67.0 Å². The van der Waals surface area contributed by atoms with E-state index in [1.165, 1.54) is 28.3 Å². The molecule has 1 aromatic carbocycles. The van der Waals surface area contributed by atoms with Crippen molar-refractivity contribution in [2.45, 2.75) is 53.9 Å². The van der Waals surface area contributed by atoms with Gasteiger partial charge in [-0.3, -0.25) is 0 Å². The van der Waals surface area contributed by atoms with Crippen molar-refractivity contribution in [3.8, 4) is 5.75 Å². The van der Waals surface area contributed by atoms with Crippen LogP contribution in [0.3, 0.4) is 0 Å². The molecular formula is C24H32O3. The fourth-order valence-electron chi connectivity index (χ4n) is 3.17. The summed E-state index contributed by atoms with van der Waals surface area (Å²) in [5.74, 6) is 0.0578. The zero-order chi connectivity index (χ0) is 20.4. The third-order valence-corrected chi connectivity index (χ3v) is 4.53. The third kappa shape index (κ3) is 6.59. The number of carbonyl (C=O) groups is 1. The van der Waals surface area contributed by atoms with Gasteiger partial charge in [0.1, 0.15) is 5.75 Å². The Bertz CT molecular complexity index is 777. The second-order valence-electron chi connectivity index (χ2n) is 6.50. The summed E-state index contributed by atoms with van der Waals surface area (Å²) in [6, 6.07) is 2.16. The first-order valence-electron chi connectivity index (χ1n) is 9.53. The molecule has 146 valence electrons. The number of methoxy groups -OCH3 is 1. The monoisotopic (exact) mass is 368 g/mol. The Morgan fingerprint density at radius 2 is 1.70 bits per heavy atom. The van der Waals surface area contributed by atoms with Crippen LogP contribution in [0.2, 0.25) is 0 Å². The van der Waals surface area contributed by atoms with Gasteiger partial charge in [-0.1, -0.05) is 56.7 Å². The lowest BCUT2D eigenvalue weighted by Gasteiger charge is -2.18. The molecule has 0 atom stereocenters. The second kappa shape index (κ2) is 11.2. The minimum atomic E-state index is -0.928. The lowest BCUT2D eigenvalue weighted by atomic mass is 9.90. The van der Waals surface area contributed by atoms with Gasteiger partial charge in [-0.25, -0.2) is 4.79 Å². The van der Waals surface area contributed by atoms with Crippen molar-refractivity contribution in [1.29, 1.82) is 0 Å². The Labute approximate surface area is 163 Å². The summed E-state index contributed by atoms with van der Waals surface area (Å²) < 4.78 is 5.61. The quantitative estimate of drug-likeness (QED) is 0.434. The molecule has 0 spiro atoms. The molecule has 0 amide bonds. The lowest BCUT2D eigenvalue weighted by molar-refractivity contribution is -0.131. The smallest absolute Gasteiger partial charge is 0.328 e. The zero-order valence-electron chi connectivity index (χ0n) is 17.4. The number of aryl methyl sites for hydroxylation is 1. The minimum absolute atomic E-state index is 0.708. The molecular weight excluding hydrogens is 336 g/mol. The van der Waals surface area contributed by atoms with Crippen molar-refractivity contribution in [2.24, 2.45) is 0 Å². The number of carboxylic acids is 1. The number of benzene rings is 1. The number of hydrogen-bond acceptors (Lipinski definition) is 2. The summed E-state index contributed by atoms with van der Waals surface area (Å²) >= 11 is 0. The maximum atomic E-state index is 10.6. The molecule has 27 heavy (non-hydrogen) atoms. The maximum Gasteiger partial charge on any atom is 0.328 e. The minimum Gasteiger partial charge on any atom is -0.496 e. The number of aliphatic carboxylic acids is 1. The topological polar surface area (TPSA) is 46.5 Å². The van der Waals surface area contributed by atoms with Gasteiger partial charge in [0.05, 0.1) is 7.11 Å². The van der Waals surface area contributed by atoms with Crippen LogP contribution in [0, 0.1) is 0 Å². The number of carboxylic acid groups (broad SMARTS) is 1. The molecule has 1 rings (SSSR count). The van der Waals surface area contributed by atoms with Gasteiger partial charge in [-0.2, -0.15) is 0 Å². The van der Waals surface area contributed by atoms with Crippen LogP contribution in [-0.2, 0) is 24.1 Å². The summed E-state index contributed by atoms with van der Waals surface area (Å²) in [6.07, 6.45) is 14.0. The van der Waals surface area contributed by atoms with E-state index >= 15 is 0 Å². The van der Waals surface area contributed by atoms with Crippen LogP contribution >= 0.6 is 0 Å². The van der Waals surface area contributed by atoms with Gasteiger partial charge in [0.25, 0.3) is 0 Å². The molecule has 0 aliphatic carbocycles. The van der Waals surface area contributed by atoms with Gasteiger partial charge in [0.2, 0.25) is 0 Å². The van der Waals surface area contributed by atoms with Gasteiger partial charge in [0, 0.05) is 6.08 Å². The Morgan fingerprint density at radius 1 is 1.04 bits per heavy atom. The van der Waals surface area contributed by atoms with Crippen molar-refractivity contribution in [1.82, 2.24) is 0 Å². The van der Waals surface area contributed by atoms with E-state index in [2.05, 4.69) is 39.0 Å². The van der Waals surface area contributed by atoms with E-state index in [-0.39, 0.29) is 0 Å². The number of allylic oxidation sites excluding steroid dienone is 6. The fourth-order valence-corrected chi connectivity index (χ4v) is 3.17. The lowest BCUT2D eigenvalue weighted by Crippen LogP contribution is -2.03. The summed E-state index contributed by atoms with van der Waals surface area (Å²) in [6.45, 7) is 10.3. The van der Waals surface area contributed by atoms with Crippen LogP contribution in [0.15, 0.2) is 47.6 Å². The first kappa shape index (κ1) is 22.5. The van der Waals surface area contributed by atoms with Crippen molar-refractivity contribution < 1.29 is 14.6 Å². The summed E-state index contributed by atoms with van der Waals surface area (Å²) in [4.78, 5) is 10.6. The van der Waals surface area contributed by atoms with Crippen LogP contribution < -0.4 is 4.74 Å². The predicted octanol–water partition coefficient (Wildman–Crippen LogP) is 5.93. The van der Waals surface area contributed by atoms with Crippen molar-refractivity contribution in [3.63, 3.8) is 0 Å². The molecule has 0 aliphatic rings. The largest absolute Gasteiger partial charge is 0.496 e. The molecule has 1 N–H and O–H groups in total. The standard InChI is InChI=1S/C24H32O3/c1-7-19-16-23(27-6)21(9-3)20(8-2)22(19)14-13-17(4)11-10-12-18(5)15-24(25)26/h10-16H,7-9H2,1-6H3,(H,25,26)/b12-10+,14-13+,17-11+,18-15+. The van der Waals surface area contributed by atoms with Crippen molar-refractivity contribution >= 4 is 12.0 Å². The zero-order valence-corrected chi connectivity index (χ0v) is 17.4. The summed E-state index contributed by atoms with van der Waals surface area (Å²) in [7, 11) is 1.74. The maximum absolute atomic E-state index is 10.6. The fraction of sp³-hybridized carbons (Fsp3) is 0.375. The molecule has 0 aliphatic heterocycles. The highest BCUT2D eigenvalue weighted by molar-refractivity contribution is 5.81. The van der Waals surface area contributed by atoms with E-state index < -0.39 is 5.97 Å². The normalized spacial score (nSPS) is 13.0. The van der Waals surface area contributed by atoms with Crippen molar-refractivity contribution in [2.75, 3.05) is 7.11 Å². The van der Waals surface area contributed by atoms with E-state index in [9.17, 15) is 4.79 Å². The number of hydrogen-bond donors (Lipinski definition) is 1. The first-order chi connectivity index (χ1) is 12.9. The summed E-state index contributed by atoms with van der Waals surface area (Å²) in [5, 5.41) is 8.74.